The van der Waals surface area contributed by atoms with Crippen molar-refractivity contribution in [2.24, 2.45) is 11.8 Å². The molecule has 2 aliphatic rings. The largest absolute Gasteiger partial charge is 0.453 e. The van der Waals surface area contributed by atoms with Gasteiger partial charge in [0.15, 0.2) is 0 Å². The van der Waals surface area contributed by atoms with E-state index in [-0.39, 0.29) is 35.7 Å². The number of aromatic amines is 2. The van der Waals surface area contributed by atoms with E-state index < -0.39 is 12.1 Å². The molecular weight excluding hydrogens is 707 g/mol. The third kappa shape index (κ3) is 9.39. The molecule has 2 aromatic carbocycles. The second-order valence-electron chi connectivity index (χ2n) is 14.9. The van der Waals surface area contributed by atoms with Crippen LogP contribution in [-0.4, -0.2) is 79.8 Å². The molecule has 1 aliphatic carbocycles. The van der Waals surface area contributed by atoms with E-state index in [0.29, 0.717) is 6.54 Å². The molecule has 1 saturated carbocycles. The lowest BCUT2D eigenvalue weighted by atomic mass is 9.80. The Kier molecular flexibility index (Phi) is 13.4. The van der Waals surface area contributed by atoms with Gasteiger partial charge in [0.05, 0.1) is 42.6 Å². The van der Waals surface area contributed by atoms with Crippen molar-refractivity contribution in [3.8, 4) is 33.6 Å². The smallest absolute Gasteiger partial charge is 0.407 e. The highest BCUT2D eigenvalue weighted by atomic mass is 16.5. The summed E-state index contributed by atoms with van der Waals surface area (Å²) in [5, 5.41) is 5.77. The van der Waals surface area contributed by atoms with Crippen LogP contribution in [0.25, 0.3) is 33.6 Å². The van der Waals surface area contributed by atoms with Crippen LogP contribution in [0.4, 0.5) is 4.79 Å². The lowest BCUT2D eigenvalue weighted by molar-refractivity contribution is -0.135. The van der Waals surface area contributed by atoms with Gasteiger partial charge in [0, 0.05) is 43.0 Å². The average Bonchev–Trinajstić information content (AvgIpc) is 4.05. The van der Waals surface area contributed by atoms with Gasteiger partial charge in [0.25, 0.3) is 0 Å². The molecule has 294 valence electrons. The van der Waals surface area contributed by atoms with Crippen LogP contribution >= 0.6 is 0 Å². The van der Waals surface area contributed by atoms with Crippen LogP contribution in [0.2, 0.25) is 0 Å². The molecule has 1 saturated heterocycles. The van der Waals surface area contributed by atoms with Crippen LogP contribution in [0.1, 0.15) is 94.6 Å². The number of likely N-dealkylation sites (tertiary alicyclic amines) is 1. The predicted octanol–water partition coefficient (Wildman–Crippen LogP) is 7.41. The maximum absolute atomic E-state index is 13.5. The minimum Gasteiger partial charge on any atom is -0.453 e. The van der Waals surface area contributed by atoms with Crippen LogP contribution < -0.4 is 10.6 Å². The molecule has 5 atom stereocenters. The zero-order valence-corrected chi connectivity index (χ0v) is 32.9. The van der Waals surface area contributed by atoms with Gasteiger partial charge in [0.1, 0.15) is 24.0 Å². The van der Waals surface area contributed by atoms with Crippen molar-refractivity contribution >= 4 is 18.3 Å². The van der Waals surface area contributed by atoms with E-state index >= 15 is 0 Å². The topological polar surface area (TPSA) is 171 Å². The average molecular weight is 760 g/mol. The molecule has 56 heavy (non-hydrogen) atoms. The number of nitrogens with zero attached hydrogens (tertiary/aromatic N) is 5. The molecule has 0 bridgehead atoms. The Bertz CT molecular complexity index is 2030. The minimum absolute atomic E-state index is 0.0485. The van der Waals surface area contributed by atoms with E-state index in [1.807, 2.05) is 45.1 Å². The van der Waals surface area contributed by atoms with Crippen LogP contribution in [0.15, 0.2) is 79.5 Å². The summed E-state index contributed by atoms with van der Waals surface area (Å²) >= 11 is 0. The number of benzene rings is 2. The summed E-state index contributed by atoms with van der Waals surface area (Å²) in [6.07, 6.45) is 15.2. The molecule has 0 radical (unpaired) electrons. The zero-order valence-electron chi connectivity index (χ0n) is 32.9. The standard InChI is InChI=1S/C36H42N6O4.C7H11N3/c1-22(2)32(41-36(45)46-3)35(44)42-18-6-9-31(42)34-38-20-30(40-34)26-16-12-24(13-17-26)23-10-14-25(15-11-23)29-19-37-33(39-29)28-8-5-4-7-27(28)21-43;1-6(8-2)7-5-9-3-4-10-7/h10-17,19-22,27-28,31-32H,4-9,18H2,1-3H3,(H,37,39)(H,38,40)(H,41,45);3-6,8H,1-2H3/t27?,28-,31?,32?;6-/m10/s1. The van der Waals surface area contributed by atoms with Gasteiger partial charge in [-0.3, -0.25) is 14.8 Å². The van der Waals surface area contributed by atoms with Gasteiger partial charge in [-0.15, -0.1) is 0 Å². The summed E-state index contributed by atoms with van der Waals surface area (Å²) in [6, 6.07) is 16.2. The molecule has 7 rings (SSSR count). The number of aldehydes is 1. The predicted molar refractivity (Wildman–Crippen MR) is 215 cm³/mol. The first kappa shape index (κ1) is 40.0. The molecule has 5 aromatic rings. The van der Waals surface area contributed by atoms with Gasteiger partial charge in [-0.25, -0.2) is 14.8 Å². The Labute approximate surface area is 328 Å². The molecule has 13 heteroatoms. The molecule has 1 aliphatic heterocycles. The molecule has 3 aromatic heterocycles. The fourth-order valence-corrected chi connectivity index (χ4v) is 7.55. The number of carbonyl (C=O) groups is 3. The first-order valence-corrected chi connectivity index (χ1v) is 19.5. The van der Waals surface area contributed by atoms with E-state index in [9.17, 15) is 14.4 Å². The SMILES string of the molecule is CN[C@@H](C)c1cnccn1.COC(=O)NC(C(=O)N1CCCC1c1ncc(-c2ccc(-c3ccc(-c4cnc([C@@H]5CCCCC5C=O)[nH]4)cc3)cc2)[nH]1)C(C)C. The zero-order chi connectivity index (χ0) is 39.6. The molecule has 2 amide bonds. The Morgan fingerprint density at radius 1 is 0.804 bits per heavy atom. The van der Waals surface area contributed by atoms with Crippen molar-refractivity contribution in [3.63, 3.8) is 0 Å². The summed E-state index contributed by atoms with van der Waals surface area (Å²) in [5.41, 5.74) is 7.09. The quantitative estimate of drug-likeness (QED) is 0.100. The van der Waals surface area contributed by atoms with Gasteiger partial charge >= 0.3 is 6.09 Å². The summed E-state index contributed by atoms with van der Waals surface area (Å²) in [4.78, 5) is 63.0. The highest BCUT2D eigenvalue weighted by Gasteiger charge is 2.37. The lowest BCUT2D eigenvalue weighted by Crippen LogP contribution is -2.51. The van der Waals surface area contributed by atoms with Crippen molar-refractivity contribution in [3.05, 3.63) is 96.9 Å². The van der Waals surface area contributed by atoms with Crippen molar-refractivity contribution < 1.29 is 19.1 Å². The van der Waals surface area contributed by atoms with E-state index in [0.717, 1.165) is 95.8 Å². The Hall–Kier alpha value is -5.69. The number of nitrogens with one attached hydrogen (secondary N) is 4. The van der Waals surface area contributed by atoms with Gasteiger partial charge in [-0.2, -0.15) is 0 Å². The third-order valence-electron chi connectivity index (χ3n) is 11.0. The van der Waals surface area contributed by atoms with Crippen molar-refractivity contribution in [2.45, 2.75) is 83.3 Å². The maximum atomic E-state index is 13.5. The molecule has 2 fully saturated rings. The van der Waals surface area contributed by atoms with E-state index in [1.54, 1.807) is 18.6 Å². The summed E-state index contributed by atoms with van der Waals surface area (Å²) in [7, 11) is 3.20. The van der Waals surface area contributed by atoms with Crippen molar-refractivity contribution in [1.82, 2.24) is 45.4 Å². The van der Waals surface area contributed by atoms with Gasteiger partial charge in [-0.05, 0) is 67.8 Å². The molecule has 0 spiro atoms. The highest BCUT2D eigenvalue weighted by molar-refractivity contribution is 5.86. The number of hydrogen-bond donors (Lipinski definition) is 4. The van der Waals surface area contributed by atoms with Crippen LogP contribution in [0, 0.1) is 11.8 Å². The lowest BCUT2D eigenvalue weighted by Gasteiger charge is -2.30. The van der Waals surface area contributed by atoms with E-state index in [2.05, 4.69) is 89.1 Å². The fraction of sp³-hybridized carbons (Fsp3) is 0.419. The summed E-state index contributed by atoms with van der Waals surface area (Å²) in [6.45, 7) is 6.47. The highest BCUT2D eigenvalue weighted by Crippen LogP contribution is 2.37. The summed E-state index contributed by atoms with van der Waals surface area (Å²) in [5.74, 6) is 1.67. The Balaban J connectivity index is 0.000000463. The third-order valence-corrected chi connectivity index (χ3v) is 11.0. The van der Waals surface area contributed by atoms with Crippen LogP contribution in [-0.2, 0) is 14.3 Å². The molecule has 4 N–H and O–H groups in total. The molecule has 13 nitrogen and oxygen atoms in total. The molecular formula is C43H53N9O4. The maximum Gasteiger partial charge on any atom is 0.407 e. The number of imidazole rings is 2. The first-order chi connectivity index (χ1) is 27.2. The number of carbonyl (C=O) groups excluding carboxylic acids is 3. The van der Waals surface area contributed by atoms with Gasteiger partial charge < -0.3 is 35.0 Å². The normalized spacial score (nSPS) is 19.1. The number of H-pyrrole nitrogens is 2. The fourth-order valence-electron chi connectivity index (χ4n) is 7.55. The van der Waals surface area contributed by atoms with Crippen LogP contribution in [0.3, 0.4) is 0 Å². The number of aromatic nitrogens is 6. The molecule has 4 heterocycles. The number of rotatable bonds is 11. The van der Waals surface area contributed by atoms with E-state index in [4.69, 9.17) is 4.74 Å². The summed E-state index contributed by atoms with van der Waals surface area (Å²) < 4.78 is 4.74. The van der Waals surface area contributed by atoms with E-state index in [1.165, 1.54) is 7.11 Å². The number of amides is 2. The number of alkyl carbamates (subject to hydrolysis) is 1. The van der Waals surface area contributed by atoms with Crippen LogP contribution in [0.5, 0.6) is 0 Å². The number of ether oxygens (including phenoxy) is 1. The Morgan fingerprint density at radius 2 is 1.41 bits per heavy atom. The molecule has 3 unspecified atom stereocenters. The van der Waals surface area contributed by atoms with Gasteiger partial charge in [0.2, 0.25) is 5.91 Å². The number of hydrogen-bond acceptors (Lipinski definition) is 9. The number of methoxy groups -OCH3 is 1. The van der Waals surface area contributed by atoms with Crippen molar-refractivity contribution in [2.75, 3.05) is 20.7 Å². The second kappa shape index (κ2) is 18.8. The monoisotopic (exact) mass is 759 g/mol. The second-order valence-corrected chi connectivity index (χ2v) is 14.9. The van der Waals surface area contributed by atoms with Gasteiger partial charge in [-0.1, -0.05) is 75.2 Å². The Morgan fingerprint density at radius 3 is 1.98 bits per heavy atom. The van der Waals surface area contributed by atoms with Crippen molar-refractivity contribution in [1.29, 1.82) is 0 Å². The minimum atomic E-state index is -0.668. The first-order valence-electron chi connectivity index (χ1n) is 19.5.